The SMILES string of the molecule is Nc1ccc2c(Sc3ccc([N+](=O)[O-])cc3)c3ccccc3nc2c1. The number of anilines is 1. The van der Waals surface area contributed by atoms with Gasteiger partial charge in [0.25, 0.3) is 5.69 Å². The number of nitrogen functional groups attached to an aromatic ring is 1. The summed E-state index contributed by atoms with van der Waals surface area (Å²) in [7, 11) is 0. The molecule has 1 heterocycles. The fourth-order valence-electron chi connectivity index (χ4n) is 2.73. The largest absolute Gasteiger partial charge is 0.399 e. The second kappa shape index (κ2) is 6.07. The Morgan fingerprint density at radius 2 is 1.64 bits per heavy atom. The minimum atomic E-state index is -0.394. The second-order valence-electron chi connectivity index (χ2n) is 5.59. The summed E-state index contributed by atoms with van der Waals surface area (Å²) in [5, 5.41) is 12.9. The lowest BCUT2D eigenvalue weighted by Crippen LogP contribution is -1.90. The molecule has 2 N–H and O–H groups in total. The predicted octanol–water partition coefficient (Wildman–Crippen LogP) is 5.03. The van der Waals surface area contributed by atoms with Gasteiger partial charge in [-0.1, -0.05) is 30.0 Å². The van der Waals surface area contributed by atoms with E-state index in [-0.39, 0.29) is 5.69 Å². The summed E-state index contributed by atoms with van der Waals surface area (Å²) >= 11 is 1.57. The first-order chi connectivity index (χ1) is 12.1. The predicted molar refractivity (Wildman–Crippen MR) is 101 cm³/mol. The Hall–Kier alpha value is -3.12. The maximum atomic E-state index is 10.8. The molecule has 122 valence electrons. The number of hydrogen-bond acceptors (Lipinski definition) is 5. The molecule has 0 radical (unpaired) electrons. The van der Waals surface area contributed by atoms with Gasteiger partial charge < -0.3 is 5.73 Å². The van der Waals surface area contributed by atoms with E-state index in [0.29, 0.717) is 5.69 Å². The zero-order chi connectivity index (χ0) is 17.4. The molecule has 4 rings (SSSR count). The zero-order valence-electron chi connectivity index (χ0n) is 13.0. The molecule has 0 unspecified atom stereocenters. The molecule has 6 heteroatoms. The van der Waals surface area contributed by atoms with Crippen LogP contribution in [0.5, 0.6) is 0 Å². The first-order valence-corrected chi connectivity index (χ1v) is 8.44. The van der Waals surface area contributed by atoms with Gasteiger partial charge in [0.15, 0.2) is 0 Å². The number of nitro groups is 1. The summed E-state index contributed by atoms with van der Waals surface area (Å²) in [5.41, 5.74) is 8.39. The van der Waals surface area contributed by atoms with Crippen molar-refractivity contribution in [3.05, 3.63) is 76.8 Å². The third-order valence-corrected chi connectivity index (χ3v) is 5.08. The van der Waals surface area contributed by atoms with Crippen molar-refractivity contribution in [2.75, 3.05) is 5.73 Å². The van der Waals surface area contributed by atoms with Gasteiger partial charge >= 0.3 is 0 Å². The molecule has 1 aromatic heterocycles. The highest BCUT2D eigenvalue weighted by Crippen LogP contribution is 2.39. The standard InChI is InChI=1S/C19H13N3O2S/c20-12-5-10-16-18(11-12)21-17-4-2-1-3-15(17)19(16)25-14-8-6-13(7-9-14)22(23)24/h1-11H,20H2. The summed E-state index contributed by atoms with van der Waals surface area (Å²) < 4.78 is 0. The molecule has 5 nitrogen and oxygen atoms in total. The van der Waals surface area contributed by atoms with Gasteiger partial charge in [-0.05, 0) is 36.4 Å². The van der Waals surface area contributed by atoms with Crippen LogP contribution in [0.2, 0.25) is 0 Å². The second-order valence-corrected chi connectivity index (χ2v) is 6.67. The van der Waals surface area contributed by atoms with E-state index in [9.17, 15) is 10.1 Å². The molecule has 0 bridgehead atoms. The fourth-order valence-corrected chi connectivity index (χ4v) is 3.81. The number of fused-ring (bicyclic) bond motifs is 2. The number of benzene rings is 3. The van der Waals surface area contributed by atoms with Crippen molar-refractivity contribution in [2.45, 2.75) is 9.79 Å². The number of pyridine rings is 1. The third kappa shape index (κ3) is 2.88. The molecule has 0 spiro atoms. The van der Waals surface area contributed by atoms with Crippen LogP contribution in [0.4, 0.5) is 11.4 Å². The van der Waals surface area contributed by atoms with Gasteiger partial charge in [0.2, 0.25) is 0 Å². The van der Waals surface area contributed by atoms with Crippen LogP contribution in [0.3, 0.4) is 0 Å². The minimum absolute atomic E-state index is 0.0848. The molecular weight excluding hydrogens is 334 g/mol. The number of nitrogens with two attached hydrogens (primary N) is 1. The Morgan fingerprint density at radius 3 is 2.40 bits per heavy atom. The van der Waals surface area contributed by atoms with Gasteiger partial charge in [0.1, 0.15) is 0 Å². The molecule has 0 amide bonds. The Balaban J connectivity index is 1.90. The molecule has 0 saturated heterocycles. The molecule has 25 heavy (non-hydrogen) atoms. The van der Waals surface area contributed by atoms with Crippen molar-refractivity contribution in [1.29, 1.82) is 0 Å². The number of aromatic nitrogens is 1. The van der Waals surface area contributed by atoms with Gasteiger partial charge in [0.05, 0.1) is 16.0 Å². The maximum Gasteiger partial charge on any atom is 0.269 e. The first-order valence-electron chi connectivity index (χ1n) is 7.62. The van der Waals surface area contributed by atoms with Crippen molar-refractivity contribution >= 4 is 44.9 Å². The van der Waals surface area contributed by atoms with Crippen molar-refractivity contribution in [2.24, 2.45) is 0 Å². The lowest BCUT2D eigenvalue weighted by atomic mass is 10.1. The highest BCUT2D eigenvalue weighted by atomic mass is 32.2. The van der Waals surface area contributed by atoms with Crippen LogP contribution in [0.1, 0.15) is 0 Å². The number of nitrogens with zero attached hydrogens (tertiary/aromatic N) is 2. The van der Waals surface area contributed by atoms with E-state index >= 15 is 0 Å². The fraction of sp³-hybridized carbons (Fsp3) is 0. The van der Waals surface area contributed by atoms with E-state index < -0.39 is 4.92 Å². The third-order valence-electron chi connectivity index (χ3n) is 3.92. The van der Waals surface area contributed by atoms with Gasteiger partial charge in [-0.3, -0.25) is 10.1 Å². The van der Waals surface area contributed by atoms with Crippen molar-refractivity contribution in [3.63, 3.8) is 0 Å². The lowest BCUT2D eigenvalue weighted by molar-refractivity contribution is -0.384. The van der Waals surface area contributed by atoms with Crippen LogP contribution in [-0.2, 0) is 0 Å². The maximum absolute atomic E-state index is 10.8. The van der Waals surface area contributed by atoms with Crippen molar-refractivity contribution in [3.8, 4) is 0 Å². The summed E-state index contributed by atoms with van der Waals surface area (Å²) in [4.78, 5) is 17.1. The highest BCUT2D eigenvalue weighted by molar-refractivity contribution is 7.99. The molecule has 0 fully saturated rings. The van der Waals surface area contributed by atoms with Crippen LogP contribution in [-0.4, -0.2) is 9.91 Å². The Bertz CT molecular complexity index is 1110. The number of rotatable bonds is 3. The Morgan fingerprint density at radius 1 is 0.920 bits per heavy atom. The van der Waals surface area contributed by atoms with Gasteiger partial charge in [-0.15, -0.1) is 0 Å². The van der Waals surface area contributed by atoms with Gasteiger partial charge in [0, 0.05) is 38.4 Å². The zero-order valence-corrected chi connectivity index (χ0v) is 13.9. The van der Waals surface area contributed by atoms with E-state index in [4.69, 9.17) is 10.7 Å². The molecule has 0 aliphatic carbocycles. The summed E-state index contributed by atoms with van der Waals surface area (Å²) in [6, 6.07) is 20.2. The van der Waals surface area contributed by atoms with Crippen LogP contribution in [0.15, 0.2) is 76.5 Å². The number of para-hydroxylation sites is 1. The Kier molecular flexibility index (Phi) is 3.74. The average Bonchev–Trinajstić information content (AvgIpc) is 2.61. The van der Waals surface area contributed by atoms with Crippen LogP contribution < -0.4 is 5.73 Å². The smallest absolute Gasteiger partial charge is 0.269 e. The normalized spacial score (nSPS) is 11.0. The highest BCUT2D eigenvalue weighted by Gasteiger charge is 2.12. The van der Waals surface area contributed by atoms with Crippen LogP contribution in [0.25, 0.3) is 21.8 Å². The topological polar surface area (TPSA) is 82.0 Å². The van der Waals surface area contributed by atoms with Gasteiger partial charge in [-0.25, -0.2) is 4.98 Å². The van der Waals surface area contributed by atoms with E-state index in [1.54, 1.807) is 23.9 Å². The number of hydrogen-bond donors (Lipinski definition) is 1. The van der Waals surface area contributed by atoms with E-state index in [2.05, 4.69) is 0 Å². The van der Waals surface area contributed by atoms with Crippen molar-refractivity contribution in [1.82, 2.24) is 4.98 Å². The van der Waals surface area contributed by atoms with Gasteiger partial charge in [-0.2, -0.15) is 0 Å². The van der Waals surface area contributed by atoms with E-state index in [1.807, 2.05) is 42.5 Å². The first kappa shape index (κ1) is 15.4. The summed E-state index contributed by atoms with van der Waals surface area (Å²) in [5.74, 6) is 0. The number of nitro benzene ring substituents is 1. The minimum Gasteiger partial charge on any atom is -0.399 e. The molecule has 3 aromatic carbocycles. The molecule has 0 saturated carbocycles. The molecular formula is C19H13N3O2S. The average molecular weight is 347 g/mol. The van der Waals surface area contributed by atoms with E-state index in [1.165, 1.54) is 12.1 Å². The van der Waals surface area contributed by atoms with Crippen molar-refractivity contribution < 1.29 is 4.92 Å². The molecule has 0 aliphatic rings. The number of non-ortho nitro benzene ring substituents is 1. The van der Waals surface area contributed by atoms with Crippen LogP contribution >= 0.6 is 11.8 Å². The van der Waals surface area contributed by atoms with E-state index in [0.717, 1.165) is 31.6 Å². The molecule has 0 aliphatic heterocycles. The quantitative estimate of drug-likeness (QED) is 0.243. The summed E-state index contributed by atoms with van der Waals surface area (Å²) in [6.07, 6.45) is 0. The molecule has 0 atom stereocenters. The summed E-state index contributed by atoms with van der Waals surface area (Å²) in [6.45, 7) is 0. The Labute approximate surface area is 147 Å². The lowest BCUT2D eigenvalue weighted by Gasteiger charge is -2.11. The monoisotopic (exact) mass is 347 g/mol. The van der Waals surface area contributed by atoms with Crippen LogP contribution in [0, 0.1) is 10.1 Å². The molecule has 4 aromatic rings.